The Kier molecular flexibility index (Phi) is 4.18. The minimum Gasteiger partial charge on any atom is -0.394 e. The van der Waals surface area contributed by atoms with Gasteiger partial charge in [0.1, 0.15) is 6.04 Å². The monoisotopic (exact) mass is 186 g/mol. The Hall–Kier alpha value is -0.610. The normalized spacial score (nSPS) is 21.1. The van der Waals surface area contributed by atoms with Crippen molar-refractivity contribution in [3.63, 3.8) is 0 Å². The van der Waals surface area contributed by atoms with Crippen molar-refractivity contribution in [2.45, 2.75) is 44.2 Å². The number of aliphatic hydroxyl groups excluding tert-OH is 1. The van der Waals surface area contributed by atoms with Crippen LogP contribution in [-0.2, 0) is 4.79 Å². The van der Waals surface area contributed by atoms with Crippen LogP contribution >= 0.6 is 0 Å². The van der Waals surface area contributed by atoms with Gasteiger partial charge in [0.15, 0.2) is 0 Å². The number of nitrogens with one attached hydrogen (secondary N) is 1. The van der Waals surface area contributed by atoms with Gasteiger partial charge in [-0.3, -0.25) is 4.79 Å². The molecule has 0 aliphatic heterocycles. The summed E-state index contributed by atoms with van der Waals surface area (Å²) in [5.41, 5.74) is 5.37. The fourth-order valence-electron chi connectivity index (χ4n) is 1.64. The zero-order valence-electron chi connectivity index (χ0n) is 7.83. The van der Waals surface area contributed by atoms with Crippen molar-refractivity contribution in [3.05, 3.63) is 0 Å². The van der Waals surface area contributed by atoms with Crippen molar-refractivity contribution >= 4 is 5.91 Å². The van der Waals surface area contributed by atoms with Gasteiger partial charge in [-0.2, -0.15) is 0 Å². The lowest BCUT2D eigenvalue weighted by molar-refractivity contribution is -0.124. The summed E-state index contributed by atoms with van der Waals surface area (Å²) < 4.78 is 0. The molecule has 4 heteroatoms. The van der Waals surface area contributed by atoms with Crippen LogP contribution in [0.4, 0.5) is 0 Å². The number of hydrogen-bond acceptors (Lipinski definition) is 3. The zero-order chi connectivity index (χ0) is 9.68. The Morgan fingerprint density at radius 2 is 2.08 bits per heavy atom. The molecule has 1 aliphatic carbocycles. The molecule has 0 bridgehead atoms. The third kappa shape index (κ3) is 3.32. The molecule has 76 valence electrons. The average molecular weight is 186 g/mol. The maximum Gasteiger partial charge on any atom is 0.239 e. The predicted molar refractivity (Wildman–Crippen MR) is 50.1 cm³/mol. The lowest BCUT2D eigenvalue weighted by Crippen LogP contribution is -2.47. The number of aliphatic hydroxyl groups is 1. The van der Waals surface area contributed by atoms with Crippen LogP contribution in [0.1, 0.15) is 32.1 Å². The van der Waals surface area contributed by atoms with Crippen LogP contribution in [-0.4, -0.2) is 29.7 Å². The van der Waals surface area contributed by atoms with E-state index in [1.54, 1.807) is 0 Å². The largest absolute Gasteiger partial charge is 0.394 e. The Bertz CT molecular complexity index is 167. The molecule has 0 saturated heterocycles. The van der Waals surface area contributed by atoms with E-state index in [1.807, 2.05) is 0 Å². The fraction of sp³-hybridized carbons (Fsp3) is 0.889. The molecule has 1 unspecified atom stereocenters. The summed E-state index contributed by atoms with van der Waals surface area (Å²) in [4.78, 5) is 11.2. The van der Waals surface area contributed by atoms with Crippen LogP contribution < -0.4 is 11.1 Å². The van der Waals surface area contributed by atoms with Gasteiger partial charge in [0.25, 0.3) is 0 Å². The minimum atomic E-state index is -0.762. The predicted octanol–water partition coefficient (Wildman–Crippen LogP) is -0.245. The van der Waals surface area contributed by atoms with E-state index in [9.17, 15) is 4.79 Å². The number of carbonyl (C=O) groups excluding carboxylic acids is 1. The number of amides is 1. The molecule has 0 aromatic heterocycles. The van der Waals surface area contributed by atoms with Crippen LogP contribution in [0.2, 0.25) is 0 Å². The standard InChI is InChI=1S/C9H18N2O2/c10-8(6-12)9(13)11-7-4-2-1-3-5-7/h7-8,12H,1-6,10H2,(H,11,13). The molecule has 4 N–H and O–H groups in total. The molecule has 1 fully saturated rings. The van der Waals surface area contributed by atoms with Gasteiger partial charge in [-0.1, -0.05) is 19.3 Å². The summed E-state index contributed by atoms with van der Waals surface area (Å²) in [6, 6.07) is -0.485. The number of hydrogen-bond donors (Lipinski definition) is 3. The number of carbonyl (C=O) groups is 1. The van der Waals surface area contributed by atoms with Gasteiger partial charge < -0.3 is 16.2 Å². The highest BCUT2D eigenvalue weighted by atomic mass is 16.3. The van der Waals surface area contributed by atoms with Gasteiger partial charge in [-0.25, -0.2) is 0 Å². The summed E-state index contributed by atoms with van der Waals surface area (Å²) in [6.07, 6.45) is 5.71. The lowest BCUT2D eigenvalue weighted by atomic mass is 9.95. The highest BCUT2D eigenvalue weighted by molar-refractivity contribution is 5.81. The second-order valence-corrected chi connectivity index (χ2v) is 3.63. The van der Waals surface area contributed by atoms with E-state index in [-0.39, 0.29) is 18.6 Å². The van der Waals surface area contributed by atoms with Crippen LogP contribution in [0.15, 0.2) is 0 Å². The number of nitrogens with two attached hydrogens (primary N) is 1. The van der Waals surface area contributed by atoms with Crippen LogP contribution in [0.5, 0.6) is 0 Å². The van der Waals surface area contributed by atoms with Crippen molar-refractivity contribution in [2.75, 3.05) is 6.61 Å². The second-order valence-electron chi connectivity index (χ2n) is 3.63. The molecule has 1 rings (SSSR count). The first-order valence-electron chi connectivity index (χ1n) is 4.91. The second kappa shape index (κ2) is 5.19. The van der Waals surface area contributed by atoms with Gasteiger partial charge in [0.2, 0.25) is 5.91 Å². The third-order valence-electron chi connectivity index (χ3n) is 2.49. The maximum atomic E-state index is 11.2. The quantitative estimate of drug-likeness (QED) is 0.569. The summed E-state index contributed by atoms with van der Waals surface area (Å²) in [6.45, 7) is -0.279. The molecular formula is C9H18N2O2. The summed E-state index contributed by atoms with van der Waals surface area (Å²) >= 11 is 0. The van der Waals surface area contributed by atoms with Crippen molar-refractivity contribution < 1.29 is 9.90 Å². The van der Waals surface area contributed by atoms with Crippen LogP contribution in [0.25, 0.3) is 0 Å². The van der Waals surface area contributed by atoms with E-state index >= 15 is 0 Å². The zero-order valence-corrected chi connectivity index (χ0v) is 7.83. The van der Waals surface area contributed by atoms with Crippen molar-refractivity contribution in [2.24, 2.45) is 5.73 Å². The van der Waals surface area contributed by atoms with Crippen LogP contribution in [0, 0.1) is 0 Å². The molecule has 4 nitrogen and oxygen atoms in total. The smallest absolute Gasteiger partial charge is 0.239 e. The summed E-state index contributed by atoms with van der Waals surface area (Å²) in [7, 11) is 0. The van der Waals surface area contributed by atoms with E-state index in [2.05, 4.69) is 5.32 Å². The molecular weight excluding hydrogens is 168 g/mol. The van der Waals surface area contributed by atoms with Gasteiger partial charge >= 0.3 is 0 Å². The molecule has 0 radical (unpaired) electrons. The number of rotatable bonds is 3. The highest BCUT2D eigenvalue weighted by Crippen LogP contribution is 2.17. The summed E-state index contributed by atoms with van der Waals surface area (Å²) in [5, 5.41) is 11.5. The first kappa shape index (κ1) is 10.5. The molecule has 0 heterocycles. The topological polar surface area (TPSA) is 75.3 Å². The molecule has 0 spiro atoms. The first-order valence-corrected chi connectivity index (χ1v) is 4.91. The first-order chi connectivity index (χ1) is 6.24. The van der Waals surface area contributed by atoms with E-state index < -0.39 is 6.04 Å². The summed E-state index contributed by atoms with van der Waals surface area (Å²) in [5.74, 6) is -0.227. The van der Waals surface area contributed by atoms with Crippen molar-refractivity contribution in [1.82, 2.24) is 5.32 Å². The maximum absolute atomic E-state index is 11.2. The molecule has 1 atom stereocenters. The SMILES string of the molecule is NC(CO)C(=O)NC1CCCCC1. The van der Waals surface area contributed by atoms with E-state index in [1.165, 1.54) is 19.3 Å². The van der Waals surface area contributed by atoms with E-state index in [0.29, 0.717) is 0 Å². The van der Waals surface area contributed by atoms with Gasteiger partial charge in [-0.15, -0.1) is 0 Å². The molecule has 0 aromatic carbocycles. The van der Waals surface area contributed by atoms with Crippen molar-refractivity contribution in [3.8, 4) is 0 Å². The average Bonchev–Trinajstić information content (AvgIpc) is 2.18. The highest BCUT2D eigenvalue weighted by Gasteiger charge is 2.18. The third-order valence-corrected chi connectivity index (χ3v) is 2.49. The Labute approximate surface area is 78.5 Å². The van der Waals surface area contributed by atoms with Gasteiger partial charge in [0.05, 0.1) is 6.61 Å². The Morgan fingerprint density at radius 3 is 2.62 bits per heavy atom. The van der Waals surface area contributed by atoms with Crippen LogP contribution in [0.3, 0.4) is 0 Å². The molecule has 1 amide bonds. The van der Waals surface area contributed by atoms with Gasteiger partial charge in [0, 0.05) is 6.04 Å². The lowest BCUT2D eigenvalue weighted by Gasteiger charge is -2.23. The molecule has 1 aliphatic rings. The van der Waals surface area contributed by atoms with Gasteiger partial charge in [-0.05, 0) is 12.8 Å². The molecule has 0 aromatic rings. The van der Waals surface area contributed by atoms with E-state index in [4.69, 9.17) is 10.8 Å². The Balaban J connectivity index is 2.26. The van der Waals surface area contributed by atoms with Crippen molar-refractivity contribution in [1.29, 1.82) is 0 Å². The van der Waals surface area contributed by atoms with E-state index in [0.717, 1.165) is 12.8 Å². The minimum absolute atomic E-state index is 0.227. The molecule has 1 saturated carbocycles. The Morgan fingerprint density at radius 1 is 1.46 bits per heavy atom. The fourth-order valence-corrected chi connectivity index (χ4v) is 1.64. The molecule has 13 heavy (non-hydrogen) atoms.